The van der Waals surface area contributed by atoms with Crippen molar-refractivity contribution in [1.29, 1.82) is 0 Å². The van der Waals surface area contributed by atoms with Crippen molar-refractivity contribution < 1.29 is 9.53 Å². The summed E-state index contributed by atoms with van der Waals surface area (Å²) in [7, 11) is 0. The van der Waals surface area contributed by atoms with E-state index in [2.05, 4.69) is 0 Å². The van der Waals surface area contributed by atoms with E-state index < -0.39 is 0 Å². The maximum atomic E-state index is 10.5. The standard InChI is InChI=1S/C10H13NO2.ClH/c1-8(12)13-7-10(11)9-5-3-2-4-6-9;/h2-6,10H,7,11H2,1H3;1H/t10-;/m1./s1. The lowest BCUT2D eigenvalue weighted by Gasteiger charge is -2.10. The highest BCUT2D eigenvalue weighted by molar-refractivity contribution is 5.85. The Hall–Kier alpha value is -1.06. The zero-order chi connectivity index (χ0) is 9.68. The number of rotatable bonds is 3. The molecule has 0 bridgehead atoms. The van der Waals surface area contributed by atoms with Crippen LogP contribution in [0.1, 0.15) is 18.5 Å². The topological polar surface area (TPSA) is 52.3 Å². The Balaban J connectivity index is 0.00000169. The normalized spacial score (nSPS) is 11.3. The van der Waals surface area contributed by atoms with E-state index in [0.717, 1.165) is 5.56 Å². The molecule has 0 aliphatic heterocycles. The van der Waals surface area contributed by atoms with Gasteiger partial charge in [-0.2, -0.15) is 0 Å². The van der Waals surface area contributed by atoms with Crippen molar-refractivity contribution in [2.45, 2.75) is 13.0 Å². The minimum Gasteiger partial charge on any atom is -0.464 e. The molecule has 0 spiro atoms. The van der Waals surface area contributed by atoms with Gasteiger partial charge < -0.3 is 10.5 Å². The van der Waals surface area contributed by atoms with Crippen molar-refractivity contribution in [3.05, 3.63) is 35.9 Å². The van der Waals surface area contributed by atoms with Crippen LogP contribution in [0.2, 0.25) is 0 Å². The summed E-state index contributed by atoms with van der Waals surface area (Å²) in [6.07, 6.45) is 0. The van der Waals surface area contributed by atoms with Gasteiger partial charge in [0.2, 0.25) is 0 Å². The summed E-state index contributed by atoms with van der Waals surface area (Å²) in [4.78, 5) is 10.5. The number of hydrogen-bond acceptors (Lipinski definition) is 3. The van der Waals surface area contributed by atoms with Gasteiger partial charge >= 0.3 is 5.97 Å². The highest BCUT2D eigenvalue weighted by Gasteiger charge is 2.06. The molecule has 0 radical (unpaired) electrons. The first-order valence-corrected chi connectivity index (χ1v) is 4.14. The molecule has 0 saturated carbocycles. The summed E-state index contributed by atoms with van der Waals surface area (Å²) in [6, 6.07) is 9.32. The Labute approximate surface area is 89.7 Å². The number of benzene rings is 1. The van der Waals surface area contributed by atoms with Gasteiger partial charge in [-0.1, -0.05) is 30.3 Å². The number of hydrogen-bond donors (Lipinski definition) is 1. The Morgan fingerprint density at radius 2 is 2.00 bits per heavy atom. The SMILES string of the molecule is CC(=O)OC[C@@H](N)c1ccccc1.Cl. The highest BCUT2D eigenvalue weighted by atomic mass is 35.5. The molecule has 4 heteroatoms. The first-order valence-electron chi connectivity index (χ1n) is 4.14. The molecule has 2 N–H and O–H groups in total. The lowest BCUT2D eigenvalue weighted by Crippen LogP contribution is -2.18. The quantitative estimate of drug-likeness (QED) is 0.781. The van der Waals surface area contributed by atoms with Crippen LogP contribution in [0.3, 0.4) is 0 Å². The van der Waals surface area contributed by atoms with Gasteiger partial charge in [0.15, 0.2) is 0 Å². The molecule has 0 aromatic heterocycles. The van der Waals surface area contributed by atoms with Gasteiger partial charge in [-0.3, -0.25) is 4.79 Å². The zero-order valence-electron chi connectivity index (χ0n) is 7.97. The van der Waals surface area contributed by atoms with Gasteiger partial charge in [-0.05, 0) is 5.56 Å². The van der Waals surface area contributed by atoms with Crippen molar-refractivity contribution in [3.63, 3.8) is 0 Å². The summed E-state index contributed by atoms with van der Waals surface area (Å²) >= 11 is 0. The summed E-state index contributed by atoms with van der Waals surface area (Å²) in [6.45, 7) is 1.61. The first-order chi connectivity index (χ1) is 6.20. The fourth-order valence-electron chi connectivity index (χ4n) is 1.00. The van der Waals surface area contributed by atoms with Crippen LogP contribution in [-0.4, -0.2) is 12.6 Å². The first kappa shape index (κ1) is 12.9. The molecule has 0 amide bonds. The maximum absolute atomic E-state index is 10.5. The highest BCUT2D eigenvalue weighted by Crippen LogP contribution is 2.09. The van der Waals surface area contributed by atoms with Crippen molar-refractivity contribution in [2.75, 3.05) is 6.61 Å². The number of nitrogens with two attached hydrogens (primary N) is 1. The summed E-state index contributed by atoms with van der Waals surface area (Å²) in [5.74, 6) is -0.300. The third kappa shape index (κ3) is 4.25. The van der Waals surface area contributed by atoms with Crippen molar-refractivity contribution in [3.8, 4) is 0 Å². The molecule has 14 heavy (non-hydrogen) atoms. The molecule has 3 nitrogen and oxygen atoms in total. The van der Waals surface area contributed by atoms with Crippen LogP contribution in [0.5, 0.6) is 0 Å². The van der Waals surface area contributed by atoms with E-state index >= 15 is 0 Å². The molecule has 0 aliphatic carbocycles. The average Bonchev–Trinajstić information content (AvgIpc) is 2.15. The monoisotopic (exact) mass is 215 g/mol. The molecule has 1 aromatic rings. The van der Waals surface area contributed by atoms with E-state index in [1.54, 1.807) is 0 Å². The number of ether oxygens (including phenoxy) is 1. The van der Waals surface area contributed by atoms with Crippen LogP contribution >= 0.6 is 12.4 Å². The molecule has 0 fully saturated rings. The zero-order valence-corrected chi connectivity index (χ0v) is 8.79. The summed E-state index contributed by atoms with van der Waals surface area (Å²) in [5, 5.41) is 0. The van der Waals surface area contributed by atoms with E-state index in [-0.39, 0.29) is 31.0 Å². The molecule has 0 heterocycles. The fraction of sp³-hybridized carbons (Fsp3) is 0.300. The minimum atomic E-state index is -0.300. The van der Waals surface area contributed by atoms with Gasteiger partial charge in [-0.15, -0.1) is 12.4 Å². The number of carbonyl (C=O) groups is 1. The van der Waals surface area contributed by atoms with Gasteiger partial charge in [-0.25, -0.2) is 0 Å². The minimum absolute atomic E-state index is 0. The smallest absolute Gasteiger partial charge is 0.302 e. The van der Waals surface area contributed by atoms with Crippen LogP contribution < -0.4 is 5.73 Å². The fourth-order valence-corrected chi connectivity index (χ4v) is 1.00. The molecule has 0 unspecified atom stereocenters. The van der Waals surface area contributed by atoms with Gasteiger partial charge in [0.05, 0.1) is 6.04 Å². The van der Waals surface area contributed by atoms with Crippen LogP contribution in [0.25, 0.3) is 0 Å². The van der Waals surface area contributed by atoms with Crippen LogP contribution in [0.15, 0.2) is 30.3 Å². The van der Waals surface area contributed by atoms with Gasteiger partial charge in [0.1, 0.15) is 6.61 Å². The molecule has 0 saturated heterocycles. The largest absolute Gasteiger partial charge is 0.464 e. The van der Waals surface area contributed by atoms with E-state index in [1.165, 1.54) is 6.92 Å². The van der Waals surface area contributed by atoms with Crippen molar-refractivity contribution in [2.24, 2.45) is 5.73 Å². The van der Waals surface area contributed by atoms with Crippen LogP contribution in [-0.2, 0) is 9.53 Å². The van der Waals surface area contributed by atoms with E-state index in [1.807, 2.05) is 30.3 Å². The second-order valence-electron chi connectivity index (χ2n) is 2.82. The van der Waals surface area contributed by atoms with Gasteiger partial charge in [0.25, 0.3) is 0 Å². The number of esters is 1. The summed E-state index contributed by atoms with van der Waals surface area (Å²) in [5.41, 5.74) is 6.74. The Morgan fingerprint density at radius 1 is 1.43 bits per heavy atom. The van der Waals surface area contributed by atoms with Crippen molar-refractivity contribution in [1.82, 2.24) is 0 Å². The van der Waals surface area contributed by atoms with Gasteiger partial charge in [0, 0.05) is 6.92 Å². The molecule has 0 aliphatic rings. The number of carbonyl (C=O) groups excluding carboxylic acids is 1. The second kappa shape index (κ2) is 6.40. The maximum Gasteiger partial charge on any atom is 0.302 e. The Morgan fingerprint density at radius 3 is 2.50 bits per heavy atom. The molecular weight excluding hydrogens is 202 g/mol. The molecule has 1 atom stereocenters. The molecule has 1 rings (SSSR count). The van der Waals surface area contributed by atoms with E-state index in [4.69, 9.17) is 10.5 Å². The second-order valence-corrected chi connectivity index (χ2v) is 2.82. The van der Waals surface area contributed by atoms with Crippen LogP contribution in [0, 0.1) is 0 Å². The molecule has 78 valence electrons. The lowest BCUT2D eigenvalue weighted by atomic mass is 10.1. The Kier molecular flexibility index (Phi) is 5.92. The van der Waals surface area contributed by atoms with Crippen LogP contribution in [0.4, 0.5) is 0 Å². The van der Waals surface area contributed by atoms with E-state index in [0.29, 0.717) is 0 Å². The third-order valence-electron chi connectivity index (χ3n) is 1.69. The lowest BCUT2D eigenvalue weighted by molar-refractivity contribution is -0.141. The van der Waals surface area contributed by atoms with E-state index in [9.17, 15) is 4.79 Å². The van der Waals surface area contributed by atoms with Crippen molar-refractivity contribution >= 4 is 18.4 Å². The third-order valence-corrected chi connectivity index (χ3v) is 1.69. The average molecular weight is 216 g/mol. The predicted octanol–water partition coefficient (Wildman–Crippen LogP) is 1.67. The molecular formula is C10H14ClNO2. The predicted molar refractivity (Wildman–Crippen MR) is 57.3 cm³/mol. The Bertz CT molecular complexity index is 277. The number of halogens is 1. The molecule has 1 aromatic carbocycles. The summed E-state index contributed by atoms with van der Waals surface area (Å²) < 4.78 is 4.79.